The summed E-state index contributed by atoms with van der Waals surface area (Å²) in [6, 6.07) is 7.67. The summed E-state index contributed by atoms with van der Waals surface area (Å²) in [7, 11) is 0. The van der Waals surface area contributed by atoms with Gasteiger partial charge in [-0.25, -0.2) is 4.98 Å². The molecule has 3 aromatic rings. The van der Waals surface area contributed by atoms with Crippen molar-refractivity contribution in [3.63, 3.8) is 0 Å². The van der Waals surface area contributed by atoms with Gasteiger partial charge in [0.15, 0.2) is 21.7 Å². The topological polar surface area (TPSA) is 81.7 Å². The SMILES string of the molecule is CCn1c(Br)nc2c(N)nc(NC(C)c3ccc(Cl)cc3)nc21. The van der Waals surface area contributed by atoms with Gasteiger partial charge in [0.2, 0.25) is 5.95 Å². The van der Waals surface area contributed by atoms with Crippen LogP contribution in [-0.4, -0.2) is 19.5 Å². The van der Waals surface area contributed by atoms with Gasteiger partial charge < -0.3 is 15.6 Å². The Morgan fingerprint density at radius 3 is 2.61 bits per heavy atom. The Hall–Kier alpha value is -1.86. The molecular formula is C15H16BrClN6. The number of nitrogens with two attached hydrogens (primary N) is 1. The van der Waals surface area contributed by atoms with Crippen LogP contribution >= 0.6 is 27.5 Å². The molecule has 1 unspecified atom stereocenters. The highest BCUT2D eigenvalue weighted by atomic mass is 79.9. The number of nitrogens with zero attached hydrogens (tertiary/aromatic N) is 4. The van der Waals surface area contributed by atoms with Crippen LogP contribution in [0.4, 0.5) is 11.8 Å². The summed E-state index contributed by atoms with van der Waals surface area (Å²) in [6.45, 7) is 4.79. The predicted octanol–water partition coefficient (Wildman–Crippen LogP) is 4.02. The van der Waals surface area contributed by atoms with Crippen LogP contribution in [0.5, 0.6) is 0 Å². The standard InChI is InChI=1S/C15H16BrClN6/c1-3-23-13-11(20-14(23)16)12(18)21-15(22-13)19-8(2)9-4-6-10(17)7-5-9/h4-8H,3H2,1-2H3,(H3,18,19,21,22). The zero-order valence-electron chi connectivity index (χ0n) is 12.7. The first-order valence-electron chi connectivity index (χ1n) is 7.20. The number of aryl methyl sites for hydroxylation is 1. The number of imidazole rings is 1. The number of anilines is 2. The predicted molar refractivity (Wildman–Crippen MR) is 96.6 cm³/mol. The molecule has 0 aliphatic rings. The van der Waals surface area contributed by atoms with Crippen LogP contribution in [0, 0.1) is 0 Å². The number of nitrogens with one attached hydrogen (secondary N) is 1. The molecule has 0 radical (unpaired) electrons. The van der Waals surface area contributed by atoms with Crippen LogP contribution in [0.1, 0.15) is 25.5 Å². The van der Waals surface area contributed by atoms with Crippen LogP contribution in [0.25, 0.3) is 11.2 Å². The molecule has 8 heteroatoms. The summed E-state index contributed by atoms with van der Waals surface area (Å²) < 4.78 is 2.63. The van der Waals surface area contributed by atoms with Crippen molar-refractivity contribution in [1.29, 1.82) is 0 Å². The first kappa shape index (κ1) is 16.0. The van der Waals surface area contributed by atoms with E-state index in [9.17, 15) is 0 Å². The molecule has 0 saturated heterocycles. The Kier molecular flexibility index (Phi) is 4.41. The zero-order valence-corrected chi connectivity index (χ0v) is 15.1. The molecule has 0 saturated carbocycles. The Labute approximate surface area is 147 Å². The van der Waals surface area contributed by atoms with Crippen molar-refractivity contribution < 1.29 is 0 Å². The van der Waals surface area contributed by atoms with Gasteiger partial charge in [-0.05, 0) is 47.5 Å². The fraction of sp³-hybridized carbons (Fsp3) is 0.267. The Bertz CT molecular complexity index is 845. The van der Waals surface area contributed by atoms with E-state index in [-0.39, 0.29) is 6.04 Å². The van der Waals surface area contributed by atoms with E-state index in [1.165, 1.54) is 0 Å². The maximum Gasteiger partial charge on any atom is 0.227 e. The normalized spacial score (nSPS) is 12.5. The smallest absolute Gasteiger partial charge is 0.227 e. The molecule has 0 aliphatic carbocycles. The highest BCUT2D eigenvalue weighted by Gasteiger charge is 2.15. The number of nitrogen functional groups attached to an aromatic ring is 1. The highest BCUT2D eigenvalue weighted by Crippen LogP contribution is 2.25. The molecule has 23 heavy (non-hydrogen) atoms. The van der Waals surface area contributed by atoms with Crippen molar-refractivity contribution in [1.82, 2.24) is 19.5 Å². The maximum atomic E-state index is 6.02. The van der Waals surface area contributed by atoms with Crippen LogP contribution in [0.15, 0.2) is 29.0 Å². The van der Waals surface area contributed by atoms with Crippen molar-refractivity contribution in [2.24, 2.45) is 0 Å². The van der Waals surface area contributed by atoms with Gasteiger partial charge in [-0.1, -0.05) is 23.7 Å². The monoisotopic (exact) mass is 394 g/mol. The third kappa shape index (κ3) is 3.11. The van der Waals surface area contributed by atoms with Crippen molar-refractivity contribution >= 4 is 50.5 Å². The van der Waals surface area contributed by atoms with E-state index in [0.29, 0.717) is 32.7 Å². The molecule has 3 rings (SSSR count). The molecule has 0 spiro atoms. The third-order valence-electron chi connectivity index (χ3n) is 3.61. The van der Waals surface area contributed by atoms with Crippen LogP contribution in [-0.2, 0) is 6.54 Å². The van der Waals surface area contributed by atoms with Gasteiger partial charge in [0.05, 0.1) is 6.04 Å². The minimum absolute atomic E-state index is 0.0190. The largest absolute Gasteiger partial charge is 0.382 e. The second-order valence-electron chi connectivity index (χ2n) is 5.15. The summed E-state index contributed by atoms with van der Waals surface area (Å²) >= 11 is 9.34. The Morgan fingerprint density at radius 1 is 1.26 bits per heavy atom. The average molecular weight is 396 g/mol. The van der Waals surface area contributed by atoms with Gasteiger partial charge in [-0.2, -0.15) is 9.97 Å². The fourth-order valence-corrected chi connectivity index (χ4v) is 3.09. The van der Waals surface area contributed by atoms with Crippen molar-refractivity contribution in [2.75, 3.05) is 11.1 Å². The van der Waals surface area contributed by atoms with E-state index in [1.807, 2.05) is 42.7 Å². The van der Waals surface area contributed by atoms with Gasteiger partial charge in [0, 0.05) is 11.6 Å². The van der Waals surface area contributed by atoms with Crippen molar-refractivity contribution in [2.45, 2.75) is 26.4 Å². The van der Waals surface area contributed by atoms with Crippen LogP contribution in [0.3, 0.4) is 0 Å². The minimum Gasteiger partial charge on any atom is -0.382 e. The van der Waals surface area contributed by atoms with Crippen molar-refractivity contribution in [3.05, 3.63) is 39.6 Å². The second kappa shape index (κ2) is 6.33. The average Bonchev–Trinajstić information content (AvgIpc) is 2.84. The molecule has 120 valence electrons. The minimum atomic E-state index is 0.0190. The lowest BCUT2D eigenvalue weighted by molar-refractivity contribution is 0.755. The van der Waals surface area contributed by atoms with Gasteiger partial charge in [-0.15, -0.1) is 0 Å². The van der Waals surface area contributed by atoms with E-state index in [0.717, 1.165) is 12.1 Å². The fourth-order valence-electron chi connectivity index (χ4n) is 2.37. The molecule has 2 aromatic heterocycles. The number of halogens is 2. The number of rotatable bonds is 4. The van der Waals surface area contributed by atoms with Gasteiger partial charge >= 0.3 is 0 Å². The van der Waals surface area contributed by atoms with Crippen molar-refractivity contribution in [3.8, 4) is 0 Å². The quantitative estimate of drug-likeness (QED) is 0.652. The lowest BCUT2D eigenvalue weighted by Gasteiger charge is -2.14. The molecule has 0 amide bonds. The van der Waals surface area contributed by atoms with Crippen LogP contribution in [0.2, 0.25) is 5.02 Å². The molecule has 3 N–H and O–H groups in total. The summed E-state index contributed by atoms with van der Waals surface area (Å²) in [6.07, 6.45) is 0. The number of fused-ring (bicyclic) bond motifs is 1. The molecular weight excluding hydrogens is 380 g/mol. The molecule has 0 fully saturated rings. The van der Waals surface area contributed by atoms with E-state index in [4.69, 9.17) is 17.3 Å². The molecule has 1 atom stereocenters. The van der Waals surface area contributed by atoms with Gasteiger partial charge in [0.25, 0.3) is 0 Å². The number of benzene rings is 1. The Morgan fingerprint density at radius 2 is 1.96 bits per heavy atom. The third-order valence-corrected chi connectivity index (χ3v) is 4.46. The Balaban J connectivity index is 1.95. The summed E-state index contributed by atoms with van der Waals surface area (Å²) in [5, 5.41) is 3.98. The summed E-state index contributed by atoms with van der Waals surface area (Å²) in [5.41, 5.74) is 8.41. The van der Waals surface area contributed by atoms with E-state index >= 15 is 0 Å². The van der Waals surface area contributed by atoms with E-state index in [2.05, 4.69) is 36.2 Å². The van der Waals surface area contributed by atoms with Gasteiger partial charge in [0.1, 0.15) is 0 Å². The second-order valence-corrected chi connectivity index (χ2v) is 6.29. The van der Waals surface area contributed by atoms with Gasteiger partial charge in [-0.3, -0.25) is 0 Å². The lowest BCUT2D eigenvalue weighted by atomic mass is 10.1. The molecule has 0 aliphatic heterocycles. The summed E-state index contributed by atoms with van der Waals surface area (Å²) in [5.74, 6) is 0.827. The number of aromatic nitrogens is 4. The van der Waals surface area contributed by atoms with Crippen LogP contribution < -0.4 is 11.1 Å². The first-order valence-corrected chi connectivity index (χ1v) is 8.38. The van der Waals surface area contributed by atoms with E-state index in [1.54, 1.807) is 0 Å². The molecule has 1 aromatic carbocycles. The molecule has 0 bridgehead atoms. The highest BCUT2D eigenvalue weighted by molar-refractivity contribution is 9.10. The number of hydrogen-bond acceptors (Lipinski definition) is 5. The number of hydrogen-bond donors (Lipinski definition) is 2. The first-order chi connectivity index (χ1) is 11.0. The molecule has 2 heterocycles. The maximum absolute atomic E-state index is 6.02. The molecule has 6 nitrogen and oxygen atoms in total. The van der Waals surface area contributed by atoms with E-state index < -0.39 is 0 Å². The summed E-state index contributed by atoms with van der Waals surface area (Å²) in [4.78, 5) is 13.2. The lowest BCUT2D eigenvalue weighted by Crippen LogP contribution is -2.11. The zero-order chi connectivity index (χ0) is 16.6.